The summed E-state index contributed by atoms with van der Waals surface area (Å²) in [6.45, 7) is 4.71. The quantitative estimate of drug-likeness (QED) is 0.156. The van der Waals surface area contributed by atoms with Crippen molar-refractivity contribution in [3.05, 3.63) is 223 Å². The lowest BCUT2D eigenvalue weighted by Crippen LogP contribution is -2.16. The van der Waals surface area contributed by atoms with Crippen molar-refractivity contribution in [2.45, 2.75) is 19.3 Å². The summed E-state index contributed by atoms with van der Waals surface area (Å²) >= 11 is 0. The van der Waals surface area contributed by atoms with Crippen LogP contribution in [0.25, 0.3) is 88.0 Å². The maximum absolute atomic E-state index is 7.33. The Morgan fingerprint density at radius 1 is 0.344 bits per heavy atom. The van der Waals surface area contributed by atoms with Crippen molar-refractivity contribution in [2.24, 2.45) is 0 Å². The Morgan fingerprint density at radius 2 is 0.836 bits per heavy atom. The highest BCUT2D eigenvalue weighted by molar-refractivity contribution is 6.31. The monoisotopic (exact) mass is 779 g/mol. The largest absolute Gasteiger partial charge is 0.453 e. The minimum atomic E-state index is -0.167. The van der Waals surface area contributed by atoms with Crippen LogP contribution in [0.5, 0.6) is 0 Å². The first-order chi connectivity index (χ1) is 30.0. The molecule has 0 aliphatic heterocycles. The molecule has 0 bridgehead atoms. The summed E-state index contributed by atoms with van der Waals surface area (Å²) in [5, 5.41) is 6.95. The molecular weight excluding hydrogens is 739 g/mol. The average molecular weight is 780 g/mol. The molecule has 1 aliphatic carbocycles. The standard InChI is InChI=1S/C59H41NO/c1-59(2)53-24-14-13-21-48(53)49-34-33-45(37-54(49)59)60(44-31-29-41(30-32-44)39-17-7-4-8-18-39)55-36-43(42-27-25-40(26-28-42)38-15-5-3-6-16-38)35-52-56-50-22-11-9-19-46(50)47-20-10-12-23-51(47)58(56)61-57(52)55/h3-37H,1-2H3. The fourth-order valence-electron chi connectivity index (χ4n) is 10.0. The Labute approximate surface area is 355 Å². The molecule has 0 amide bonds. The molecule has 61 heavy (non-hydrogen) atoms. The molecule has 0 unspecified atom stereocenters. The molecule has 1 aromatic heterocycles. The van der Waals surface area contributed by atoms with Crippen LogP contribution < -0.4 is 4.90 Å². The van der Waals surface area contributed by atoms with Crippen molar-refractivity contribution in [1.29, 1.82) is 0 Å². The van der Waals surface area contributed by atoms with Crippen LogP contribution in [0.2, 0.25) is 0 Å². The van der Waals surface area contributed by atoms with Gasteiger partial charge in [0, 0.05) is 32.9 Å². The Morgan fingerprint density at radius 3 is 1.51 bits per heavy atom. The molecule has 1 aliphatic rings. The molecule has 12 rings (SSSR count). The number of fused-ring (bicyclic) bond motifs is 11. The van der Waals surface area contributed by atoms with Gasteiger partial charge in [0.1, 0.15) is 5.58 Å². The van der Waals surface area contributed by atoms with E-state index in [-0.39, 0.29) is 5.41 Å². The lowest BCUT2D eigenvalue weighted by molar-refractivity contribution is 0.660. The van der Waals surface area contributed by atoms with Gasteiger partial charge in [0.15, 0.2) is 5.58 Å². The number of anilines is 3. The number of nitrogens with zero attached hydrogens (tertiary/aromatic N) is 1. The maximum Gasteiger partial charge on any atom is 0.159 e. The molecule has 0 atom stereocenters. The summed E-state index contributed by atoms with van der Waals surface area (Å²) in [5.74, 6) is 0. The van der Waals surface area contributed by atoms with E-state index >= 15 is 0 Å². The zero-order chi connectivity index (χ0) is 40.7. The van der Waals surface area contributed by atoms with E-state index in [2.05, 4.69) is 231 Å². The van der Waals surface area contributed by atoms with E-state index in [0.717, 1.165) is 55.5 Å². The molecule has 2 heteroatoms. The van der Waals surface area contributed by atoms with Crippen LogP contribution in [0, 0.1) is 0 Å². The van der Waals surface area contributed by atoms with Gasteiger partial charge < -0.3 is 9.32 Å². The molecule has 0 radical (unpaired) electrons. The molecular formula is C59H41NO. The van der Waals surface area contributed by atoms with Gasteiger partial charge in [0.25, 0.3) is 0 Å². The van der Waals surface area contributed by atoms with E-state index in [9.17, 15) is 0 Å². The SMILES string of the molecule is CC1(C)c2ccccc2-c2ccc(N(c3ccc(-c4ccccc4)cc3)c3cc(-c4ccc(-c5ccccc5)cc4)cc4c3oc3c5ccccc5c5ccccc5c43)cc21. The average Bonchev–Trinajstić information content (AvgIpc) is 3.83. The van der Waals surface area contributed by atoms with Crippen molar-refractivity contribution in [3.63, 3.8) is 0 Å². The smallest absolute Gasteiger partial charge is 0.159 e. The van der Waals surface area contributed by atoms with Crippen LogP contribution in [0.4, 0.5) is 17.1 Å². The zero-order valence-electron chi connectivity index (χ0n) is 34.1. The molecule has 0 fully saturated rings. The first-order valence-corrected chi connectivity index (χ1v) is 21.2. The molecule has 10 aromatic carbocycles. The first-order valence-electron chi connectivity index (χ1n) is 21.2. The normalized spacial score (nSPS) is 12.9. The van der Waals surface area contributed by atoms with E-state index in [1.807, 2.05) is 0 Å². The zero-order valence-corrected chi connectivity index (χ0v) is 34.1. The van der Waals surface area contributed by atoms with Gasteiger partial charge in [-0.25, -0.2) is 0 Å². The third-order valence-electron chi connectivity index (χ3n) is 13.1. The van der Waals surface area contributed by atoms with Crippen LogP contribution >= 0.6 is 0 Å². The van der Waals surface area contributed by atoms with E-state index in [1.165, 1.54) is 60.7 Å². The van der Waals surface area contributed by atoms with Crippen LogP contribution in [-0.4, -0.2) is 0 Å². The van der Waals surface area contributed by atoms with Crippen molar-refractivity contribution < 1.29 is 4.42 Å². The number of rotatable bonds is 6. The summed E-state index contributed by atoms with van der Waals surface area (Å²) in [6.07, 6.45) is 0. The number of hydrogen-bond donors (Lipinski definition) is 0. The van der Waals surface area contributed by atoms with Gasteiger partial charge in [0.05, 0.1) is 5.69 Å². The Kier molecular flexibility index (Phi) is 7.92. The molecule has 2 nitrogen and oxygen atoms in total. The van der Waals surface area contributed by atoms with Gasteiger partial charge in [0.2, 0.25) is 0 Å². The highest BCUT2D eigenvalue weighted by atomic mass is 16.3. The maximum atomic E-state index is 7.33. The molecule has 288 valence electrons. The van der Waals surface area contributed by atoms with Gasteiger partial charge in [-0.15, -0.1) is 0 Å². The summed E-state index contributed by atoms with van der Waals surface area (Å²) in [7, 11) is 0. The number of benzene rings is 10. The van der Waals surface area contributed by atoms with Gasteiger partial charge in [-0.3, -0.25) is 0 Å². The topological polar surface area (TPSA) is 16.4 Å². The first kappa shape index (κ1) is 35.3. The molecule has 0 saturated carbocycles. The van der Waals surface area contributed by atoms with Crippen molar-refractivity contribution >= 4 is 60.5 Å². The minimum Gasteiger partial charge on any atom is -0.453 e. The molecule has 0 N–H and O–H groups in total. The highest BCUT2D eigenvalue weighted by Gasteiger charge is 2.36. The fraction of sp³-hybridized carbons (Fsp3) is 0.0508. The predicted octanol–water partition coefficient (Wildman–Crippen LogP) is 16.7. The lowest BCUT2D eigenvalue weighted by atomic mass is 9.82. The molecule has 1 heterocycles. The second-order valence-electron chi connectivity index (χ2n) is 16.9. The summed E-state index contributed by atoms with van der Waals surface area (Å²) in [5.41, 5.74) is 17.1. The summed E-state index contributed by atoms with van der Waals surface area (Å²) in [4.78, 5) is 2.42. The van der Waals surface area contributed by atoms with Crippen LogP contribution in [0.3, 0.4) is 0 Å². The molecule has 0 saturated heterocycles. The van der Waals surface area contributed by atoms with Crippen LogP contribution in [0.1, 0.15) is 25.0 Å². The lowest BCUT2D eigenvalue weighted by Gasteiger charge is -2.28. The van der Waals surface area contributed by atoms with E-state index in [1.54, 1.807) is 0 Å². The Bertz CT molecular complexity index is 3470. The van der Waals surface area contributed by atoms with Crippen LogP contribution in [0.15, 0.2) is 217 Å². The fourth-order valence-corrected chi connectivity index (χ4v) is 10.0. The molecule has 11 aromatic rings. The second-order valence-corrected chi connectivity index (χ2v) is 16.9. The van der Waals surface area contributed by atoms with E-state index in [0.29, 0.717) is 0 Å². The highest BCUT2D eigenvalue weighted by Crippen LogP contribution is 2.52. The van der Waals surface area contributed by atoms with Crippen molar-refractivity contribution in [3.8, 4) is 44.5 Å². The third-order valence-corrected chi connectivity index (χ3v) is 13.1. The Hall–Kier alpha value is -7.68. The van der Waals surface area contributed by atoms with Gasteiger partial charge in [-0.05, 0) is 108 Å². The third kappa shape index (κ3) is 5.56. The number of furan rings is 1. The van der Waals surface area contributed by atoms with Gasteiger partial charge >= 0.3 is 0 Å². The summed E-state index contributed by atoms with van der Waals surface area (Å²) < 4.78 is 7.33. The van der Waals surface area contributed by atoms with Crippen LogP contribution in [-0.2, 0) is 5.41 Å². The number of hydrogen-bond acceptors (Lipinski definition) is 2. The van der Waals surface area contributed by atoms with Gasteiger partial charge in [-0.2, -0.15) is 0 Å². The van der Waals surface area contributed by atoms with Crippen molar-refractivity contribution in [1.82, 2.24) is 0 Å². The van der Waals surface area contributed by atoms with E-state index < -0.39 is 0 Å². The second kappa shape index (κ2) is 13.7. The van der Waals surface area contributed by atoms with E-state index in [4.69, 9.17) is 4.42 Å². The van der Waals surface area contributed by atoms with Crippen molar-refractivity contribution in [2.75, 3.05) is 4.90 Å². The predicted molar refractivity (Wildman–Crippen MR) is 257 cm³/mol. The summed E-state index contributed by atoms with van der Waals surface area (Å²) in [6, 6.07) is 77.3. The van der Waals surface area contributed by atoms with Gasteiger partial charge in [-0.1, -0.05) is 190 Å². The minimum absolute atomic E-state index is 0.167. The molecule has 0 spiro atoms. The Balaban J connectivity index is 1.16.